The lowest BCUT2D eigenvalue weighted by atomic mass is 10.2. The number of pyridine rings is 1. The monoisotopic (exact) mass is 316 g/mol. The van der Waals surface area contributed by atoms with Crippen molar-refractivity contribution in [1.82, 2.24) is 4.98 Å². The fourth-order valence-corrected chi connectivity index (χ4v) is 2.71. The quantitative estimate of drug-likeness (QED) is 0.483. The first kappa shape index (κ1) is 14.3. The number of nitrogens with one attached hydrogen (secondary N) is 1. The summed E-state index contributed by atoms with van der Waals surface area (Å²) in [6.07, 6.45) is 3.08. The zero-order valence-corrected chi connectivity index (χ0v) is 12.0. The van der Waals surface area contributed by atoms with Crippen molar-refractivity contribution in [3.05, 3.63) is 52.3 Å². The Kier molecular flexibility index (Phi) is 5.15. The minimum atomic E-state index is 0.312. The first-order valence-corrected chi connectivity index (χ1v) is 7.01. The maximum atomic E-state index is 8.70. The van der Waals surface area contributed by atoms with Gasteiger partial charge in [-0.1, -0.05) is 23.2 Å². The Morgan fingerprint density at radius 3 is 2.68 bits per heavy atom. The summed E-state index contributed by atoms with van der Waals surface area (Å²) < 4.78 is 3.03. The summed E-state index contributed by atoms with van der Waals surface area (Å²) >= 11 is 13.2. The molecule has 19 heavy (non-hydrogen) atoms. The lowest BCUT2D eigenvalue weighted by Gasteiger charge is -2.08. The highest BCUT2D eigenvalue weighted by Crippen LogP contribution is 2.27. The third-order valence-electron chi connectivity index (χ3n) is 2.22. The Hall–Kier alpha value is -1.14. The molecule has 1 aromatic carbocycles. The molecule has 0 radical (unpaired) electrons. The van der Waals surface area contributed by atoms with Crippen LogP contribution in [0.1, 0.15) is 5.56 Å². The molecule has 0 spiro atoms. The Bertz CT molecular complexity index is 549. The topological polar surface area (TPSA) is 54.4 Å². The van der Waals surface area contributed by atoms with Crippen molar-refractivity contribution in [3.63, 3.8) is 0 Å². The predicted molar refractivity (Wildman–Crippen MR) is 78.9 cm³/mol. The molecule has 0 saturated carbocycles. The smallest absolute Gasteiger partial charge is 0.192 e. The number of rotatable bonds is 5. The van der Waals surface area contributed by atoms with Gasteiger partial charge >= 0.3 is 0 Å². The molecule has 0 fully saturated rings. The summed E-state index contributed by atoms with van der Waals surface area (Å²) in [5.41, 5.74) is 1.58. The van der Waals surface area contributed by atoms with Crippen LogP contribution in [0, 0.1) is 0 Å². The zero-order valence-electron chi connectivity index (χ0n) is 9.64. The molecule has 0 saturated heterocycles. The van der Waals surface area contributed by atoms with Gasteiger partial charge in [0, 0.05) is 28.1 Å². The van der Waals surface area contributed by atoms with Crippen LogP contribution in [0.3, 0.4) is 0 Å². The van der Waals surface area contributed by atoms with Crippen LogP contribution >= 0.6 is 35.1 Å². The molecule has 7 heteroatoms. The van der Waals surface area contributed by atoms with Crippen molar-refractivity contribution in [2.45, 2.75) is 5.75 Å². The molecule has 2 aromatic rings. The molecule has 0 aliphatic carbocycles. The lowest BCUT2D eigenvalue weighted by Crippen LogP contribution is -1.94. The van der Waals surface area contributed by atoms with E-state index in [4.69, 9.17) is 28.5 Å². The van der Waals surface area contributed by atoms with E-state index >= 15 is 0 Å². The molecule has 1 heterocycles. The van der Waals surface area contributed by atoms with Crippen LogP contribution in [0.25, 0.3) is 0 Å². The average molecular weight is 317 g/mol. The van der Waals surface area contributed by atoms with Crippen LogP contribution in [0.4, 0.5) is 5.69 Å². The van der Waals surface area contributed by atoms with E-state index in [2.05, 4.69) is 14.6 Å². The van der Waals surface area contributed by atoms with E-state index in [1.54, 1.807) is 18.3 Å². The van der Waals surface area contributed by atoms with Crippen LogP contribution in [0.15, 0.2) is 36.7 Å². The van der Waals surface area contributed by atoms with Gasteiger partial charge in [0.05, 0.1) is 6.20 Å². The molecule has 0 aliphatic heterocycles. The number of aromatic nitrogens is 1. The van der Waals surface area contributed by atoms with E-state index in [0.29, 0.717) is 27.2 Å². The van der Waals surface area contributed by atoms with Crippen LogP contribution in [0.2, 0.25) is 10.0 Å². The Morgan fingerprint density at radius 1 is 1.26 bits per heavy atom. The number of hydrogen-bond acceptors (Lipinski definition) is 5. The summed E-state index contributed by atoms with van der Waals surface area (Å²) in [5.74, 6) is 0.965. The van der Waals surface area contributed by atoms with Gasteiger partial charge in [0.25, 0.3) is 0 Å². The van der Waals surface area contributed by atoms with Gasteiger partial charge in [0.2, 0.25) is 0 Å². The minimum absolute atomic E-state index is 0.312. The molecule has 0 bridgehead atoms. The van der Waals surface area contributed by atoms with Gasteiger partial charge in [-0.15, -0.1) is 0 Å². The van der Waals surface area contributed by atoms with Crippen molar-refractivity contribution in [1.29, 1.82) is 0 Å². The highest BCUT2D eigenvalue weighted by Gasteiger charge is 2.04. The second-order valence-corrected chi connectivity index (χ2v) is 5.29. The third-order valence-corrected chi connectivity index (χ3v) is 3.50. The van der Waals surface area contributed by atoms with Crippen LogP contribution < -0.4 is 9.61 Å². The maximum Gasteiger partial charge on any atom is 0.192 e. The molecule has 0 aliphatic rings. The highest BCUT2D eigenvalue weighted by atomic mass is 35.5. The first-order chi connectivity index (χ1) is 9.19. The van der Waals surface area contributed by atoms with Crippen molar-refractivity contribution < 1.29 is 10.1 Å². The van der Waals surface area contributed by atoms with E-state index < -0.39 is 0 Å². The van der Waals surface area contributed by atoms with Gasteiger partial charge < -0.3 is 9.61 Å². The first-order valence-electron chi connectivity index (χ1n) is 5.27. The molecular weight excluding hydrogens is 307 g/mol. The lowest BCUT2D eigenvalue weighted by molar-refractivity contribution is -0.136. The Labute approximate surface area is 124 Å². The van der Waals surface area contributed by atoms with Crippen LogP contribution in [-0.4, -0.2) is 10.2 Å². The molecule has 2 rings (SSSR count). The fraction of sp³-hybridized carbons (Fsp3) is 0.0833. The number of anilines is 1. The molecule has 2 N–H and O–H groups in total. The van der Waals surface area contributed by atoms with Gasteiger partial charge in [-0.2, -0.15) is 0 Å². The van der Waals surface area contributed by atoms with E-state index in [1.807, 2.05) is 12.1 Å². The van der Waals surface area contributed by atoms with E-state index in [9.17, 15) is 0 Å². The fourth-order valence-electron chi connectivity index (χ4n) is 1.43. The van der Waals surface area contributed by atoms with E-state index in [-0.39, 0.29) is 0 Å². The molecular formula is C12H10Cl2N2O2S. The average Bonchev–Trinajstić information content (AvgIpc) is 2.38. The van der Waals surface area contributed by atoms with Gasteiger partial charge in [-0.25, -0.2) is 5.26 Å². The largest absolute Gasteiger partial charge is 0.338 e. The van der Waals surface area contributed by atoms with Gasteiger partial charge in [0.15, 0.2) is 5.75 Å². The molecule has 100 valence electrons. The van der Waals surface area contributed by atoms with Gasteiger partial charge in [-0.05, 0) is 35.7 Å². The number of nitrogens with zero attached hydrogens (tertiary/aromatic N) is 1. The number of hydrogen-bond donors (Lipinski definition) is 2. The summed E-state index contributed by atoms with van der Waals surface area (Å²) in [6.45, 7) is 0. The van der Waals surface area contributed by atoms with Gasteiger partial charge in [0.1, 0.15) is 5.69 Å². The predicted octanol–water partition coefficient (Wildman–Crippen LogP) is 4.50. The van der Waals surface area contributed by atoms with Crippen molar-refractivity contribution in [2.24, 2.45) is 0 Å². The molecule has 0 unspecified atom stereocenters. The second-order valence-electron chi connectivity index (χ2n) is 3.63. The Morgan fingerprint density at radius 2 is 2.00 bits per heavy atom. The zero-order chi connectivity index (χ0) is 13.7. The molecule has 1 aromatic heterocycles. The summed E-state index contributed by atoms with van der Waals surface area (Å²) in [7, 11) is 0. The van der Waals surface area contributed by atoms with Crippen molar-refractivity contribution in [3.8, 4) is 5.75 Å². The van der Waals surface area contributed by atoms with Gasteiger partial charge in [-0.3, -0.25) is 4.98 Å². The summed E-state index contributed by atoms with van der Waals surface area (Å²) in [4.78, 5) is 8.17. The summed E-state index contributed by atoms with van der Waals surface area (Å²) in [6, 6.07) is 6.92. The van der Waals surface area contributed by atoms with Crippen LogP contribution in [0.5, 0.6) is 5.75 Å². The van der Waals surface area contributed by atoms with Crippen molar-refractivity contribution >= 4 is 40.8 Å². The second kappa shape index (κ2) is 6.86. The standard InChI is InChI=1S/C12H10Cl2N2O2S/c13-9-3-8(4-10(14)5-9)7-19-16-11-6-15-2-1-12(11)18-17/h1-6,16-17H,7H2. The normalized spacial score (nSPS) is 10.3. The highest BCUT2D eigenvalue weighted by molar-refractivity contribution is 7.99. The van der Waals surface area contributed by atoms with Crippen molar-refractivity contribution in [2.75, 3.05) is 4.72 Å². The van der Waals surface area contributed by atoms with E-state index in [0.717, 1.165) is 5.56 Å². The maximum absolute atomic E-state index is 8.70. The minimum Gasteiger partial charge on any atom is -0.338 e. The SMILES string of the molecule is OOc1ccncc1NSCc1cc(Cl)cc(Cl)c1. The van der Waals surface area contributed by atoms with E-state index in [1.165, 1.54) is 18.1 Å². The third kappa shape index (κ3) is 4.18. The molecule has 4 nitrogen and oxygen atoms in total. The number of benzene rings is 1. The molecule has 0 amide bonds. The van der Waals surface area contributed by atoms with Crippen LogP contribution in [-0.2, 0) is 5.75 Å². The Balaban J connectivity index is 1.96. The molecule has 0 atom stereocenters. The number of halogens is 2. The summed E-state index contributed by atoms with van der Waals surface area (Å²) in [5, 5.41) is 9.90.